The van der Waals surface area contributed by atoms with E-state index in [0.717, 1.165) is 29.9 Å². The zero-order valence-electron chi connectivity index (χ0n) is 10.7. The quantitative estimate of drug-likeness (QED) is 0.896. The third-order valence-corrected chi connectivity index (χ3v) is 2.66. The number of carbonyl (C=O) groups is 1. The van der Waals surface area contributed by atoms with Gasteiger partial charge in [0.15, 0.2) is 0 Å². The van der Waals surface area contributed by atoms with Crippen molar-refractivity contribution in [2.75, 3.05) is 5.32 Å². The van der Waals surface area contributed by atoms with E-state index in [1.54, 1.807) is 0 Å². The second-order valence-corrected chi connectivity index (χ2v) is 4.27. The lowest BCUT2D eigenvalue weighted by molar-refractivity contribution is -0.114. The first-order chi connectivity index (χ1) is 8.67. The molecule has 1 aromatic heterocycles. The van der Waals surface area contributed by atoms with Crippen LogP contribution in [0.25, 0.3) is 0 Å². The van der Waals surface area contributed by atoms with Crippen LogP contribution < -0.4 is 5.32 Å². The molecule has 4 heteroatoms. The van der Waals surface area contributed by atoms with Crippen molar-refractivity contribution in [3.8, 4) is 0 Å². The van der Waals surface area contributed by atoms with E-state index in [9.17, 15) is 4.79 Å². The molecule has 0 saturated heterocycles. The number of nitrogens with one attached hydrogen (secondary N) is 1. The number of anilines is 1. The van der Waals surface area contributed by atoms with E-state index in [2.05, 4.69) is 17.2 Å². The molecule has 94 valence electrons. The standard InChI is InChI=1S/C14H17N3O/c1-3-13-9-17(10-15-13)8-12-5-4-6-14(7-12)16-11(2)18/h4-7,9-10H,3,8H2,1-2H3,(H,16,18). The fourth-order valence-electron chi connectivity index (χ4n) is 1.84. The summed E-state index contributed by atoms with van der Waals surface area (Å²) in [6.07, 6.45) is 4.83. The summed E-state index contributed by atoms with van der Waals surface area (Å²) in [4.78, 5) is 15.3. The van der Waals surface area contributed by atoms with Crippen molar-refractivity contribution in [3.63, 3.8) is 0 Å². The van der Waals surface area contributed by atoms with Crippen LogP contribution in [0.15, 0.2) is 36.8 Å². The van der Waals surface area contributed by atoms with Gasteiger partial charge in [-0.05, 0) is 24.1 Å². The molecule has 0 radical (unpaired) electrons. The lowest BCUT2D eigenvalue weighted by Gasteiger charge is -2.06. The van der Waals surface area contributed by atoms with Crippen molar-refractivity contribution in [3.05, 3.63) is 48.0 Å². The topological polar surface area (TPSA) is 46.9 Å². The van der Waals surface area contributed by atoms with Crippen LogP contribution in [-0.4, -0.2) is 15.5 Å². The molecule has 18 heavy (non-hydrogen) atoms. The van der Waals surface area contributed by atoms with E-state index < -0.39 is 0 Å². The summed E-state index contributed by atoms with van der Waals surface area (Å²) in [5.74, 6) is -0.0527. The average Bonchev–Trinajstić information content (AvgIpc) is 2.76. The van der Waals surface area contributed by atoms with Crippen molar-refractivity contribution >= 4 is 11.6 Å². The number of imidazole rings is 1. The SMILES string of the molecule is CCc1cn(Cc2cccc(NC(C)=O)c2)cn1. The number of amides is 1. The number of hydrogen-bond donors (Lipinski definition) is 1. The number of nitrogens with zero attached hydrogens (tertiary/aromatic N) is 2. The van der Waals surface area contributed by atoms with Gasteiger partial charge in [-0.2, -0.15) is 0 Å². The molecule has 0 aliphatic rings. The summed E-state index contributed by atoms with van der Waals surface area (Å²) >= 11 is 0. The van der Waals surface area contributed by atoms with Crippen LogP contribution in [0.4, 0.5) is 5.69 Å². The van der Waals surface area contributed by atoms with Crippen LogP contribution in [0.3, 0.4) is 0 Å². The van der Waals surface area contributed by atoms with E-state index in [-0.39, 0.29) is 5.91 Å². The van der Waals surface area contributed by atoms with Gasteiger partial charge >= 0.3 is 0 Å². The lowest BCUT2D eigenvalue weighted by atomic mass is 10.2. The van der Waals surface area contributed by atoms with Crippen LogP contribution in [0.2, 0.25) is 0 Å². The minimum Gasteiger partial charge on any atom is -0.333 e. The predicted molar refractivity (Wildman–Crippen MR) is 71.5 cm³/mol. The summed E-state index contributed by atoms with van der Waals surface area (Å²) in [5, 5.41) is 2.78. The van der Waals surface area contributed by atoms with Gasteiger partial charge in [-0.1, -0.05) is 19.1 Å². The van der Waals surface area contributed by atoms with Crippen molar-refractivity contribution in [2.45, 2.75) is 26.8 Å². The number of hydrogen-bond acceptors (Lipinski definition) is 2. The first kappa shape index (κ1) is 12.4. The molecular formula is C14H17N3O. The Labute approximate surface area is 107 Å². The van der Waals surface area contributed by atoms with Gasteiger partial charge in [0.1, 0.15) is 0 Å². The lowest BCUT2D eigenvalue weighted by Crippen LogP contribution is -2.06. The van der Waals surface area contributed by atoms with Crippen molar-refractivity contribution < 1.29 is 4.79 Å². The highest BCUT2D eigenvalue weighted by molar-refractivity contribution is 5.88. The zero-order chi connectivity index (χ0) is 13.0. The van der Waals surface area contributed by atoms with Gasteiger partial charge in [0.2, 0.25) is 5.91 Å². The van der Waals surface area contributed by atoms with Gasteiger partial charge in [-0.3, -0.25) is 4.79 Å². The molecule has 0 spiro atoms. The van der Waals surface area contributed by atoms with Gasteiger partial charge in [0.05, 0.1) is 12.0 Å². The molecular weight excluding hydrogens is 226 g/mol. The largest absolute Gasteiger partial charge is 0.333 e. The van der Waals surface area contributed by atoms with Gasteiger partial charge < -0.3 is 9.88 Å². The van der Waals surface area contributed by atoms with Gasteiger partial charge in [-0.15, -0.1) is 0 Å². The minimum atomic E-state index is -0.0527. The summed E-state index contributed by atoms with van der Waals surface area (Å²) in [6, 6.07) is 7.85. The number of rotatable bonds is 4. The highest BCUT2D eigenvalue weighted by Crippen LogP contribution is 2.12. The van der Waals surface area contributed by atoms with E-state index in [4.69, 9.17) is 0 Å². The summed E-state index contributed by atoms with van der Waals surface area (Å²) in [5.41, 5.74) is 3.06. The molecule has 1 amide bonds. The van der Waals surface area contributed by atoms with Crippen molar-refractivity contribution in [2.24, 2.45) is 0 Å². The van der Waals surface area contributed by atoms with Crippen LogP contribution in [0.5, 0.6) is 0 Å². The summed E-state index contributed by atoms with van der Waals surface area (Å²) in [7, 11) is 0. The van der Waals surface area contributed by atoms with Gasteiger partial charge in [-0.25, -0.2) is 4.98 Å². The molecule has 1 aromatic carbocycles. The normalized spacial score (nSPS) is 10.3. The second kappa shape index (κ2) is 5.49. The van der Waals surface area contributed by atoms with E-state index in [1.165, 1.54) is 6.92 Å². The summed E-state index contributed by atoms with van der Waals surface area (Å²) in [6.45, 7) is 4.36. The molecule has 0 saturated carbocycles. The fourth-order valence-corrected chi connectivity index (χ4v) is 1.84. The Balaban J connectivity index is 2.11. The Morgan fingerprint density at radius 3 is 2.94 bits per heavy atom. The van der Waals surface area contributed by atoms with Crippen molar-refractivity contribution in [1.29, 1.82) is 0 Å². The molecule has 4 nitrogen and oxygen atoms in total. The average molecular weight is 243 g/mol. The molecule has 1 heterocycles. The molecule has 0 atom stereocenters. The Bertz CT molecular complexity index is 545. The maximum atomic E-state index is 11.0. The first-order valence-corrected chi connectivity index (χ1v) is 6.04. The number of aromatic nitrogens is 2. The van der Waals surface area contributed by atoms with Gasteiger partial charge in [0.25, 0.3) is 0 Å². The first-order valence-electron chi connectivity index (χ1n) is 6.04. The molecule has 1 N–H and O–H groups in total. The Morgan fingerprint density at radius 1 is 1.44 bits per heavy atom. The van der Waals surface area contributed by atoms with Crippen molar-refractivity contribution in [1.82, 2.24) is 9.55 Å². The Kier molecular flexibility index (Phi) is 3.77. The molecule has 2 aromatic rings. The molecule has 0 unspecified atom stereocenters. The van der Waals surface area contributed by atoms with Gasteiger partial charge in [0, 0.05) is 25.4 Å². The maximum Gasteiger partial charge on any atom is 0.221 e. The minimum absolute atomic E-state index is 0.0527. The maximum absolute atomic E-state index is 11.0. The van der Waals surface area contributed by atoms with E-state index in [0.29, 0.717) is 0 Å². The third-order valence-electron chi connectivity index (χ3n) is 2.66. The van der Waals surface area contributed by atoms with Crippen LogP contribution in [-0.2, 0) is 17.8 Å². The monoisotopic (exact) mass is 243 g/mol. The van der Waals surface area contributed by atoms with Crippen LogP contribution in [0.1, 0.15) is 25.1 Å². The molecule has 0 fully saturated rings. The highest BCUT2D eigenvalue weighted by atomic mass is 16.1. The van der Waals surface area contributed by atoms with Crippen LogP contribution in [0, 0.1) is 0 Å². The smallest absolute Gasteiger partial charge is 0.221 e. The predicted octanol–water partition coefficient (Wildman–Crippen LogP) is 2.45. The summed E-state index contributed by atoms with van der Waals surface area (Å²) < 4.78 is 2.05. The molecule has 2 rings (SSSR count). The van der Waals surface area contributed by atoms with Crippen LogP contribution >= 0.6 is 0 Å². The third kappa shape index (κ3) is 3.20. The number of benzene rings is 1. The fraction of sp³-hybridized carbons (Fsp3) is 0.286. The molecule has 0 bridgehead atoms. The number of carbonyl (C=O) groups excluding carboxylic acids is 1. The second-order valence-electron chi connectivity index (χ2n) is 4.27. The zero-order valence-corrected chi connectivity index (χ0v) is 10.7. The number of aryl methyl sites for hydroxylation is 1. The highest BCUT2D eigenvalue weighted by Gasteiger charge is 2.00. The Morgan fingerprint density at radius 2 is 2.28 bits per heavy atom. The molecule has 0 aliphatic carbocycles. The van der Waals surface area contributed by atoms with E-state index in [1.807, 2.05) is 41.4 Å². The van der Waals surface area contributed by atoms with E-state index >= 15 is 0 Å². The molecule has 0 aliphatic heterocycles. The Hall–Kier alpha value is -2.10.